The molecule has 0 bridgehead atoms. The van der Waals surface area contributed by atoms with Crippen molar-refractivity contribution in [3.8, 4) is 0 Å². The third-order valence-corrected chi connectivity index (χ3v) is 6.27. The van der Waals surface area contributed by atoms with E-state index in [9.17, 15) is 9.18 Å². The average molecular weight is 406 g/mol. The van der Waals surface area contributed by atoms with Crippen LogP contribution < -0.4 is 0 Å². The predicted octanol–water partition coefficient (Wildman–Crippen LogP) is 4.99. The van der Waals surface area contributed by atoms with Gasteiger partial charge in [0.25, 0.3) is 0 Å². The summed E-state index contributed by atoms with van der Waals surface area (Å²) < 4.78 is 15.6. The van der Waals surface area contributed by atoms with Crippen molar-refractivity contribution in [2.24, 2.45) is 7.05 Å². The molecule has 1 aliphatic rings. The van der Waals surface area contributed by atoms with Crippen molar-refractivity contribution >= 4 is 5.91 Å². The Morgan fingerprint density at radius 3 is 2.37 bits per heavy atom. The third-order valence-electron chi connectivity index (χ3n) is 6.27. The lowest BCUT2D eigenvalue weighted by atomic mass is 9.68. The number of rotatable bonds is 6. The summed E-state index contributed by atoms with van der Waals surface area (Å²) in [7, 11) is 1.95. The van der Waals surface area contributed by atoms with Gasteiger partial charge in [0.15, 0.2) is 0 Å². The molecule has 5 heteroatoms. The van der Waals surface area contributed by atoms with Crippen molar-refractivity contribution in [2.75, 3.05) is 0 Å². The minimum atomic E-state index is -0.605. The highest BCUT2D eigenvalue weighted by atomic mass is 19.1. The van der Waals surface area contributed by atoms with Crippen LogP contribution in [0.2, 0.25) is 0 Å². The maximum atomic E-state index is 14.1. The topological polar surface area (TPSA) is 38.1 Å². The number of amides is 1. The molecule has 0 unspecified atom stereocenters. The fraction of sp³-hybridized carbons (Fsp3) is 0.360. The summed E-state index contributed by atoms with van der Waals surface area (Å²) in [5.74, 6) is 0.691. The van der Waals surface area contributed by atoms with Crippen molar-refractivity contribution in [1.29, 1.82) is 0 Å². The Kier molecular flexibility index (Phi) is 5.98. The number of imidazole rings is 1. The number of hydrogen-bond acceptors (Lipinski definition) is 2. The predicted molar refractivity (Wildman–Crippen MR) is 115 cm³/mol. The second-order valence-corrected chi connectivity index (χ2v) is 8.25. The Bertz CT molecular complexity index is 975. The van der Waals surface area contributed by atoms with Crippen LogP contribution in [0.25, 0.3) is 0 Å². The standard InChI is InChI=1S/C25H28FN3O/c1-28-17-16-27-23(28)19-29(18-20-8-4-2-5-9-20)24(30)25(14-6-3-7-15-25)21-10-12-22(26)13-11-21/h2,4-5,8-13,16-17H,3,6-7,14-15,18-19H2,1H3. The second kappa shape index (κ2) is 8.82. The zero-order valence-electron chi connectivity index (χ0n) is 17.4. The summed E-state index contributed by atoms with van der Waals surface area (Å²) in [6.45, 7) is 0.968. The van der Waals surface area contributed by atoms with Gasteiger partial charge in [0.05, 0.1) is 12.0 Å². The first-order chi connectivity index (χ1) is 14.6. The molecule has 156 valence electrons. The molecule has 1 fully saturated rings. The van der Waals surface area contributed by atoms with Crippen molar-refractivity contribution in [2.45, 2.75) is 50.6 Å². The molecule has 1 aromatic heterocycles. The van der Waals surface area contributed by atoms with Crippen molar-refractivity contribution in [1.82, 2.24) is 14.5 Å². The number of aryl methyl sites for hydroxylation is 1. The molecule has 1 aliphatic carbocycles. The minimum absolute atomic E-state index is 0.112. The number of halogens is 1. The fourth-order valence-electron chi connectivity index (χ4n) is 4.58. The van der Waals surface area contributed by atoms with E-state index in [0.717, 1.165) is 49.1 Å². The molecular weight excluding hydrogens is 377 g/mol. The highest BCUT2D eigenvalue weighted by molar-refractivity contribution is 5.88. The van der Waals surface area contributed by atoms with Crippen LogP contribution >= 0.6 is 0 Å². The van der Waals surface area contributed by atoms with Crippen LogP contribution in [0, 0.1) is 5.82 Å². The Balaban J connectivity index is 1.71. The number of aromatic nitrogens is 2. The van der Waals surface area contributed by atoms with Crippen molar-refractivity contribution in [3.63, 3.8) is 0 Å². The molecule has 30 heavy (non-hydrogen) atoms. The van der Waals surface area contributed by atoms with Gasteiger partial charge in [0, 0.05) is 26.0 Å². The molecule has 4 rings (SSSR count). The van der Waals surface area contributed by atoms with Crippen LogP contribution in [0.4, 0.5) is 4.39 Å². The van der Waals surface area contributed by atoms with Crippen molar-refractivity contribution < 1.29 is 9.18 Å². The molecule has 1 saturated carbocycles. The summed E-state index contributed by atoms with van der Waals surface area (Å²) >= 11 is 0. The number of hydrogen-bond donors (Lipinski definition) is 0. The first-order valence-electron chi connectivity index (χ1n) is 10.6. The zero-order chi connectivity index (χ0) is 21.0. The summed E-state index contributed by atoms with van der Waals surface area (Å²) in [6, 6.07) is 16.6. The monoisotopic (exact) mass is 405 g/mol. The zero-order valence-corrected chi connectivity index (χ0v) is 17.4. The third kappa shape index (κ3) is 4.16. The van der Waals surface area contributed by atoms with E-state index < -0.39 is 5.41 Å². The molecule has 4 nitrogen and oxygen atoms in total. The van der Waals surface area contributed by atoms with Crippen LogP contribution in [0.3, 0.4) is 0 Å². The van der Waals surface area contributed by atoms with Gasteiger partial charge in [-0.05, 0) is 36.1 Å². The molecule has 1 heterocycles. The first kappa shape index (κ1) is 20.3. The average Bonchev–Trinajstić information content (AvgIpc) is 3.19. The number of carbonyl (C=O) groups excluding carboxylic acids is 1. The van der Waals surface area contributed by atoms with Crippen LogP contribution in [0.5, 0.6) is 0 Å². The molecule has 0 saturated heterocycles. The maximum Gasteiger partial charge on any atom is 0.233 e. The van der Waals surface area contributed by atoms with Gasteiger partial charge in [-0.15, -0.1) is 0 Å². The van der Waals surface area contributed by atoms with Gasteiger partial charge < -0.3 is 9.47 Å². The van der Waals surface area contributed by atoms with Crippen molar-refractivity contribution in [3.05, 3.63) is 89.8 Å². The summed E-state index contributed by atoms with van der Waals surface area (Å²) in [4.78, 5) is 20.5. The van der Waals surface area contributed by atoms with Gasteiger partial charge in [0.1, 0.15) is 11.6 Å². The lowest BCUT2D eigenvalue weighted by Crippen LogP contribution is -2.47. The van der Waals surface area contributed by atoms with Gasteiger partial charge >= 0.3 is 0 Å². The van der Waals surface area contributed by atoms with E-state index in [1.54, 1.807) is 18.3 Å². The summed E-state index contributed by atoms with van der Waals surface area (Å²) in [5.41, 5.74) is 1.41. The highest BCUT2D eigenvalue weighted by Crippen LogP contribution is 2.41. The second-order valence-electron chi connectivity index (χ2n) is 8.25. The fourth-order valence-corrected chi connectivity index (χ4v) is 4.58. The summed E-state index contributed by atoms with van der Waals surface area (Å²) in [6.07, 6.45) is 8.39. The number of nitrogens with zero attached hydrogens (tertiary/aromatic N) is 3. The van der Waals surface area contributed by atoms with Crippen LogP contribution in [0.1, 0.15) is 49.1 Å². The molecule has 2 aromatic carbocycles. The Labute approximate surface area is 177 Å². The number of carbonyl (C=O) groups is 1. The van der Waals surface area contributed by atoms with E-state index in [1.165, 1.54) is 12.1 Å². The molecule has 0 atom stereocenters. The SMILES string of the molecule is Cn1ccnc1CN(Cc1ccccc1)C(=O)C1(c2ccc(F)cc2)CCCCC1. The Hall–Kier alpha value is -2.95. The quantitative estimate of drug-likeness (QED) is 0.579. The molecular formula is C25H28FN3O. The molecule has 1 amide bonds. The van der Waals surface area contributed by atoms with E-state index >= 15 is 0 Å². The first-order valence-corrected chi connectivity index (χ1v) is 10.6. The van der Waals surface area contributed by atoms with Gasteiger partial charge in [-0.1, -0.05) is 61.7 Å². The summed E-state index contributed by atoms with van der Waals surface area (Å²) in [5, 5.41) is 0. The van der Waals surface area contributed by atoms with E-state index in [-0.39, 0.29) is 11.7 Å². The van der Waals surface area contributed by atoms with Gasteiger partial charge in [-0.25, -0.2) is 9.37 Å². The van der Waals surface area contributed by atoms with Crippen LogP contribution in [0.15, 0.2) is 67.0 Å². The maximum absolute atomic E-state index is 14.1. The highest BCUT2D eigenvalue weighted by Gasteiger charge is 2.43. The van der Waals surface area contributed by atoms with Gasteiger partial charge in [0.2, 0.25) is 5.91 Å². The largest absolute Gasteiger partial charge is 0.337 e. The minimum Gasteiger partial charge on any atom is -0.337 e. The van der Waals surface area contributed by atoms with Crippen LogP contribution in [-0.2, 0) is 30.3 Å². The molecule has 3 aromatic rings. The lowest BCUT2D eigenvalue weighted by Gasteiger charge is -2.40. The van der Waals surface area contributed by atoms with E-state index in [1.807, 2.05) is 53.0 Å². The smallest absolute Gasteiger partial charge is 0.233 e. The Morgan fingerprint density at radius 1 is 1.03 bits per heavy atom. The van der Waals surface area contributed by atoms with Gasteiger partial charge in [-0.2, -0.15) is 0 Å². The normalized spacial score (nSPS) is 15.7. The lowest BCUT2D eigenvalue weighted by molar-refractivity contribution is -0.140. The van der Waals surface area contributed by atoms with E-state index in [0.29, 0.717) is 13.1 Å². The molecule has 0 aliphatic heterocycles. The number of benzene rings is 2. The Morgan fingerprint density at radius 2 is 1.73 bits per heavy atom. The van der Waals surface area contributed by atoms with E-state index in [2.05, 4.69) is 4.98 Å². The molecule has 0 N–H and O–H groups in total. The van der Waals surface area contributed by atoms with Gasteiger partial charge in [-0.3, -0.25) is 4.79 Å². The molecule has 0 spiro atoms. The molecule has 0 radical (unpaired) electrons. The van der Waals surface area contributed by atoms with E-state index in [4.69, 9.17) is 0 Å². The van der Waals surface area contributed by atoms with Crippen LogP contribution in [-0.4, -0.2) is 20.4 Å².